The molecule has 0 aliphatic rings. The van der Waals surface area contributed by atoms with Gasteiger partial charge in [-0.3, -0.25) is 24.7 Å². The maximum atomic E-state index is 11.6. The molecule has 0 atom stereocenters. The van der Waals surface area contributed by atoms with Gasteiger partial charge in [0.25, 0.3) is 11.2 Å². The summed E-state index contributed by atoms with van der Waals surface area (Å²) in [6.07, 6.45) is 0. The third-order valence-corrected chi connectivity index (χ3v) is 2.48. The fourth-order valence-corrected chi connectivity index (χ4v) is 1.66. The Morgan fingerprint density at radius 1 is 1.53 bits per heavy atom. The molecule has 0 fully saturated rings. The minimum absolute atomic E-state index is 0.0903. The van der Waals surface area contributed by atoms with Gasteiger partial charge in [0.1, 0.15) is 0 Å². The number of nitrogens with zero attached hydrogens (tertiary/aromatic N) is 2. The van der Waals surface area contributed by atoms with Crippen LogP contribution in [0.5, 0.6) is 0 Å². The lowest BCUT2D eigenvalue weighted by Gasteiger charge is -2.02. The number of fused-ring (bicyclic) bond motifs is 1. The molecule has 0 unspecified atom stereocenters. The van der Waals surface area contributed by atoms with E-state index in [4.69, 9.17) is 4.74 Å². The fraction of sp³-hybridized carbons (Fsp3) is 0.300. The predicted molar refractivity (Wildman–Crippen MR) is 61.1 cm³/mol. The number of non-ortho nitro benzene ring substituents is 1. The molecule has 2 aromatic rings. The smallest absolute Gasteiger partial charge is 0.272 e. The Kier molecular flexibility index (Phi) is 2.92. The fourth-order valence-electron chi connectivity index (χ4n) is 1.66. The second-order valence-electron chi connectivity index (χ2n) is 3.54. The van der Waals surface area contributed by atoms with Crippen molar-refractivity contribution in [3.05, 3.63) is 38.7 Å². The molecule has 2 rings (SSSR count). The molecule has 7 heteroatoms. The van der Waals surface area contributed by atoms with Gasteiger partial charge in [0, 0.05) is 19.2 Å². The average molecular weight is 237 g/mol. The molecule has 0 radical (unpaired) electrons. The Morgan fingerprint density at radius 3 is 2.94 bits per heavy atom. The number of aromatic nitrogens is 2. The molecule has 1 heterocycles. The van der Waals surface area contributed by atoms with Crippen LogP contribution in [0.3, 0.4) is 0 Å². The van der Waals surface area contributed by atoms with Crippen LogP contribution in [0, 0.1) is 10.1 Å². The van der Waals surface area contributed by atoms with Crippen LogP contribution in [0.15, 0.2) is 23.0 Å². The molecular weight excluding hydrogens is 226 g/mol. The van der Waals surface area contributed by atoms with Gasteiger partial charge in [-0.2, -0.15) is 0 Å². The first-order valence-corrected chi connectivity index (χ1v) is 4.99. The van der Waals surface area contributed by atoms with Gasteiger partial charge in [0.2, 0.25) is 0 Å². The summed E-state index contributed by atoms with van der Waals surface area (Å²) in [6.45, 7) is 0.948. The summed E-state index contributed by atoms with van der Waals surface area (Å²) in [5.41, 5.74) is 0.213. The standard InChI is InChI=1S/C10H11N3O4/c1-17-5-4-12-9-3-2-7(13(15)16)6-8(9)10(14)11-12/h2-3,6H,4-5H2,1H3,(H,11,14). The first-order valence-electron chi connectivity index (χ1n) is 4.99. The number of ether oxygens (including phenoxy) is 1. The van der Waals surface area contributed by atoms with Crippen molar-refractivity contribution in [3.8, 4) is 0 Å². The number of nitrogens with one attached hydrogen (secondary N) is 1. The first-order chi connectivity index (χ1) is 8.13. The maximum Gasteiger partial charge on any atom is 0.272 e. The molecule has 0 bridgehead atoms. The van der Waals surface area contributed by atoms with E-state index in [1.165, 1.54) is 12.1 Å². The summed E-state index contributed by atoms with van der Waals surface area (Å²) in [7, 11) is 1.56. The summed E-state index contributed by atoms with van der Waals surface area (Å²) in [6, 6.07) is 4.21. The van der Waals surface area contributed by atoms with Crippen LogP contribution in [0.1, 0.15) is 0 Å². The normalized spacial score (nSPS) is 10.9. The van der Waals surface area contributed by atoms with Crippen molar-refractivity contribution in [2.45, 2.75) is 6.54 Å². The quantitative estimate of drug-likeness (QED) is 0.631. The summed E-state index contributed by atoms with van der Waals surface area (Å²) in [5.74, 6) is 0. The first kappa shape index (κ1) is 11.3. The average Bonchev–Trinajstić information content (AvgIpc) is 2.63. The Balaban J connectivity index is 2.53. The molecule has 17 heavy (non-hydrogen) atoms. The molecule has 0 amide bonds. The number of rotatable bonds is 4. The number of H-pyrrole nitrogens is 1. The van der Waals surface area contributed by atoms with Crippen LogP contribution in [0.4, 0.5) is 5.69 Å². The lowest BCUT2D eigenvalue weighted by atomic mass is 10.2. The predicted octanol–water partition coefficient (Wildman–Crippen LogP) is 0.884. The lowest BCUT2D eigenvalue weighted by molar-refractivity contribution is -0.384. The van der Waals surface area contributed by atoms with Crippen LogP contribution >= 0.6 is 0 Å². The van der Waals surface area contributed by atoms with Crippen molar-refractivity contribution in [3.63, 3.8) is 0 Å². The number of methoxy groups -OCH3 is 1. The van der Waals surface area contributed by atoms with E-state index >= 15 is 0 Å². The van der Waals surface area contributed by atoms with E-state index in [2.05, 4.69) is 5.10 Å². The molecule has 0 saturated carbocycles. The highest BCUT2D eigenvalue weighted by Gasteiger charge is 2.11. The van der Waals surface area contributed by atoms with Gasteiger partial charge in [0.05, 0.1) is 29.0 Å². The number of nitro benzene ring substituents is 1. The molecule has 7 nitrogen and oxygen atoms in total. The zero-order chi connectivity index (χ0) is 12.4. The van der Waals surface area contributed by atoms with E-state index in [0.29, 0.717) is 24.1 Å². The van der Waals surface area contributed by atoms with Crippen LogP contribution in [-0.4, -0.2) is 28.4 Å². The Bertz CT molecular complexity index is 614. The SMILES string of the molecule is COCCn1[nH]c(=O)c2cc([N+](=O)[O-])ccc21. The van der Waals surface area contributed by atoms with E-state index < -0.39 is 4.92 Å². The van der Waals surface area contributed by atoms with Gasteiger partial charge in [-0.05, 0) is 6.07 Å². The van der Waals surface area contributed by atoms with Crippen LogP contribution < -0.4 is 5.56 Å². The molecule has 0 spiro atoms. The summed E-state index contributed by atoms with van der Waals surface area (Å²) >= 11 is 0. The number of hydrogen-bond donors (Lipinski definition) is 1. The summed E-state index contributed by atoms with van der Waals surface area (Å²) in [4.78, 5) is 21.7. The van der Waals surface area contributed by atoms with Gasteiger partial charge in [-0.25, -0.2) is 0 Å². The summed E-state index contributed by atoms with van der Waals surface area (Å²) in [5, 5.41) is 13.5. The Labute approximate surface area is 95.7 Å². The highest BCUT2D eigenvalue weighted by Crippen LogP contribution is 2.17. The van der Waals surface area contributed by atoms with E-state index in [1.54, 1.807) is 17.9 Å². The van der Waals surface area contributed by atoms with E-state index in [9.17, 15) is 14.9 Å². The second kappa shape index (κ2) is 4.38. The molecular formula is C10H11N3O4. The van der Waals surface area contributed by atoms with E-state index in [-0.39, 0.29) is 11.2 Å². The third-order valence-electron chi connectivity index (χ3n) is 2.48. The second-order valence-corrected chi connectivity index (χ2v) is 3.54. The largest absolute Gasteiger partial charge is 0.383 e. The van der Waals surface area contributed by atoms with Gasteiger partial charge < -0.3 is 4.74 Å². The van der Waals surface area contributed by atoms with E-state index in [0.717, 1.165) is 0 Å². The molecule has 1 N–H and O–H groups in total. The number of hydrogen-bond acceptors (Lipinski definition) is 4. The monoisotopic (exact) mass is 237 g/mol. The zero-order valence-electron chi connectivity index (χ0n) is 9.17. The zero-order valence-corrected chi connectivity index (χ0v) is 9.17. The molecule has 1 aromatic heterocycles. The molecule has 1 aromatic carbocycles. The van der Waals surface area contributed by atoms with Gasteiger partial charge in [-0.1, -0.05) is 0 Å². The van der Waals surface area contributed by atoms with Crippen molar-refractivity contribution in [1.82, 2.24) is 9.78 Å². The van der Waals surface area contributed by atoms with Crippen molar-refractivity contribution in [2.75, 3.05) is 13.7 Å². The minimum atomic E-state index is -0.522. The topological polar surface area (TPSA) is 90.2 Å². The van der Waals surface area contributed by atoms with Gasteiger partial charge in [-0.15, -0.1) is 0 Å². The molecule has 0 saturated heterocycles. The summed E-state index contributed by atoms with van der Waals surface area (Å²) < 4.78 is 6.53. The van der Waals surface area contributed by atoms with Gasteiger partial charge in [0.15, 0.2) is 0 Å². The molecule has 90 valence electrons. The van der Waals surface area contributed by atoms with Crippen LogP contribution in [0.25, 0.3) is 10.9 Å². The van der Waals surface area contributed by atoms with Crippen molar-refractivity contribution in [1.29, 1.82) is 0 Å². The third kappa shape index (κ3) is 2.04. The Morgan fingerprint density at radius 2 is 2.29 bits per heavy atom. The maximum absolute atomic E-state index is 11.6. The van der Waals surface area contributed by atoms with E-state index in [1.807, 2.05) is 0 Å². The van der Waals surface area contributed by atoms with Crippen LogP contribution in [0.2, 0.25) is 0 Å². The van der Waals surface area contributed by atoms with Crippen molar-refractivity contribution in [2.24, 2.45) is 0 Å². The number of nitro groups is 1. The lowest BCUT2D eigenvalue weighted by Crippen LogP contribution is -2.09. The Hall–Kier alpha value is -2.15. The molecule has 0 aliphatic carbocycles. The highest BCUT2D eigenvalue weighted by molar-refractivity contribution is 5.80. The van der Waals surface area contributed by atoms with Crippen molar-refractivity contribution < 1.29 is 9.66 Å². The number of benzene rings is 1. The highest BCUT2D eigenvalue weighted by atomic mass is 16.6. The molecule has 0 aliphatic heterocycles. The number of aromatic amines is 1. The van der Waals surface area contributed by atoms with Gasteiger partial charge >= 0.3 is 0 Å². The van der Waals surface area contributed by atoms with Crippen molar-refractivity contribution >= 4 is 16.6 Å². The minimum Gasteiger partial charge on any atom is -0.383 e. The van der Waals surface area contributed by atoms with Crippen LogP contribution in [-0.2, 0) is 11.3 Å².